The van der Waals surface area contributed by atoms with E-state index in [0.717, 1.165) is 24.9 Å². The zero-order valence-electron chi connectivity index (χ0n) is 15.6. The van der Waals surface area contributed by atoms with E-state index in [-0.39, 0.29) is 0 Å². The van der Waals surface area contributed by atoms with Crippen LogP contribution in [0.5, 0.6) is 0 Å². The summed E-state index contributed by atoms with van der Waals surface area (Å²) in [6.45, 7) is 9.46. The Kier molecular flexibility index (Phi) is 10.6. The first-order chi connectivity index (χ1) is 11.6. The van der Waals surface area contributed by atoms with Crippen LogP contribution in [0.1, 0.15) is 53.0 Å². The summed E-state index contributed by atoms with van der Waals surface area (Å²) < 4.78 is 16.8. The largest absolute Gasteiger partial charge is 0.316 e. The van der Waals surface area contributed by atoms with Gasteiger partial charge < -0.3 is 9.05 Å². The van der Waals surface area contributed by atoms with Crippen molar-refractivity contribution in [1.29, 1.82) is 0 Å². The lowest BCUT2D eigenvalue weighted by atomic mass is 10.1. The van der Waals surface area contributed by atoms with Gasteiger partial charge >= 0.3 is 0 Å². The summed E-state index contributed by atoms with van der Waals surface area (Å²) in [5.74, 6) is 0. The van der Waals surface area contributed by atoms with Crippen molar-refractivity contribution in [2.24, 2.45) is 9.74 Å². The second kappa shape index (κ2) is 11.9. The number of benzene rings is 1. The maximum absolute atomic E-state index is 6.08. The van der Waals surface area contributed by atoms with Crippen molar-refractivity contribution in [3.05, 3.63) is 29.8 Å². The van der Waals surface area contributed by atoms with Crippen molar-refractivity contribution in [3.63, 3.8) is 0 Å². The van der Waals surface area contributed by atoms with Crippen LogP contribution in [-0.4, -0.2) is 24.8 Å². The Morgan fingerprint density at radius 3 is 2.54 bits per heavy atom. The van der Waals surface area contributed by atoms with Gasteiger partial charge in [0, 0.05) is 5.25 Å². The molecule has 1 aromatic rings. The van der Waals surface area contributed by atoms with Gasteiger partial charge in [0.15, 0.2) is 0 Å². The molecule has 0 aliphatic carbocycles. The number of nitrogens with zero attached hydrogens (tertiary/aromatic N) is 2. The van der Waals surface area contributed by atoms with Crippen molar-refractivity contribution in [2.75, 3.05) is 13.2 Å². The molecule has 2 atom stereocenters. The van der Waals surface area contributed by atoms with E-state index in [0.29, 0.717) is 18.5 Å². The van der Waals surface area contributed by atoms with Gasteiger partial charge in [-0.25, -0.2) is 4.99 Å². The van der Waals surface area contributed by atoms with Gasteiger partial charge in [0.05, 0.1) is 18.9 Å². The summed E-state index contributed by atoms with van der Waals surface area (Å²) in [5, 5.41) is 0.432. The molecule has 6 heteroatoms. The molecular formula is C18H31N2O2PS. The van der Waals surface area contributed by atoms with E-state index in [2.05, 4.69) is 43.5 Å². The Bertz CT molecular complexity index is 564. The van der Waals surface area contributed by atoms with Crippen LogP contribution in [0, 0.1) is 0 Å². The minimum atomic E-state index is -2.35. The maximum Gasteiger partial charge on any atom is 0.278 e. The highest BCUT2D eigenvalue weighted by Crippen LogP contribution is 2.65. The van der Waals surface area contributed by atoms with Crippen LogP contribution in [0.3, 0.4) is 0 Å². The molecule has 4 nitrogen and oxygen atoms in total. The molecule has 0 radical (unpaired) electrons. The van der Waals surface area contributed by atoms with Crippen LogP contribution < -0.4 is 0 Å². The molecule has 0 aromatic heterocycles. The van der Waals surface area contributed by atoms with Gasteiger partial charge in [-0.05, 0) is 37.8 Å². The zero-order valence-corrected chi connectivity index (χ0v) is 17.3. The van der Waals surface area contributed by atoms with Gasteiger partial charge in [0.2, 0.25) is 0 Å². The van der Waals surface area contributed by atoms with Crippen molar-refractivity contribution >= 4 is 30.1 Å². The first-order valence-corrected chi connectivity index (χ1v) is 11.9. The van der Waals surface area contributed by atoms with Crippen LogP contribution in [0.25, 0.3) is 0 Å². The van der Waals surface area contributed by atoms with Crippen molar-refractivity contribution in [2.45, 2.75) is 59.1 Å². The first kappa shape index (κ1) is 21.4. The Morgan fingerprint density at radius 1 is 1.17 bits per heavy atom. The number of rotatable bonds is 11. The third kappa shape index (κ3) is 7.10. The van der Waals surface area contributed by atoms with Crippen molar-refractivity contribution < 1.29 is 9.05 Å². The summed E-state index contributed by atoms with van der Waals surface area (Å²) in [4.78, 5) is 4.55. The Labute approximate surface area is 151 Å². The molecule has 136 valence electrons. The van der Waals surface area contributed by atoms with Crippen LogP contribution >= 0.6 is 18.1 Å². The van der Waals surface area contributed by atoms with Gasteiger partial charge in [-0.2, -0.15) is 4.74 Å². The maximum atomic E-state index is 6.08. The molecule has 0 aliphatic heterocycles. The fraction of sp³-hybridized carbons (Fsp3) is 0.611. The number of hydrogen-bond donors (Lipinski definition) is 0. The first-order valence-electron chi connectivity index (χ1n) is 8.80. The molecule has 0 heterocycles. The predicted octanol–water partition coefficient (Wildman–Crippen LogP) is 6.85. The molecule has 0 N–H and O–H groups in total. The molecule has 2 unspecified atom stereocenters. The van der Waals surface area contributed by atoms with E-state index >= 15 is 0 Å². The van der Waals surface area contributed by atoms with E-state index in [4.69, 9.17) is 9.05 Å². The molecule has 0 fully saturated rings. The Morgan fingerprint density at radius 2 is 1.92 bits per heavy atom. The summed E-state index contributed by atoms with van der Waals surface area (Å²) in [6.07, 6.45) is 4.58. The summed E-state index contributed by atoms with van der Waals surface area (Å²) in [5.41, 5.74) is 2.18. The Balaban J connectivity index is 3.10. The van der Waals surface area contributed by atoms with Gasteiger partial charge in [-0.3, -0.25) is 0 Å². The average molecular weight is 370 g/mol. The SMILES string of the molecule is CCCOP(=NC=Nc1ccccc1CC)(OCC)SC(C)CC. The monoisotopic (exact) mass is 370 g/mol. The minimum absolute atomic E-state index is 0.432. The van der Waals surface area contributed by atoms with Crippen molar-refractivity contribution in [3.8, 4) is 0 Å². The highest BCUT2D eigenvalue weighted by atomic mass is 32.7. The third-order valence-electron chi connectivity index (χ3n) is 3.40. The van der Waals surface area contributed by atoms with Crippen LogP contribution in [0.4, 0.5) is 5.69 Å². The molecule has 0 saturated heterocycles. The summed E-state index contributed by atoms with van der Waals surface area (Å²) in [7, 11) is 0. The summed E-state index contributed by atoms with van der Waals surface area (Å²) >= 11 is 1.71. The van der Waals surface area contributed by atoms with Gasteiger partial charge in [-0.15, -0.1) is 0 Å². The van der Waals surface area contributed by atoms with Crippen LogP contribution in [-0.2, 0) is 15.5 Å². The van der Waals surface area contributed by atoms with Crippen molar-refractivity contribution in [1.82, 2.24) is 0 Å². The van der Waals surface area contributed by atoms with Gasteiger partial charge in [0.25, 0.3) is 6.71 Å². The highest BCUT2D eigenvalue weighted by molar-refractivity contribution is 8.56. The van der Waals surface area contributed by atoms with E-state index in [1.807, 2.05) is 25.1 Å². The quantitative estimate of drug-likeness (QED) is 0.243. The van der Waals surface area contributed by atoms with Crippen LogP contribution in [0.15, 0.2) is 34.0 Å². The van der Waals surface area contributed by atoms with E-state index in [1.54, 1.807) is 17.7 Å². The lowest BCUT2D eigenvalue weighted by Crippen LogP contribution is -2.00. The molecule has 1 aromatic carbocycles. The smallest absolute Gasteiger partial charge is 0.278 e. The van der Waals surface area contributed by atoms with E-state index in [9.17, 15) is 0 Å². The topological polar surface area (TPSA) is 43.2 Å². The average Bonchev–Trinajstić information content (AvgIpc) is 2.60. The normalized spacial score (nSPS) is 15.4. The van der Waals surface area contributed by atoms with Gasteiger partial charge in [-0.1, -0.05) is 57.3 Å². The summed E-state index contributed by atoms with van der Waals surface area (Å²) in [6, 6.07) is 8.15. The molecule has 0 spiro atoms. The standard InChI is InChI=1S/C18H31N2O2PS/c1-6-14-22-23(21-9-4,24-16(5)7-2)20-15-19-18-13-11-10-12-17(18)8-3/h10-13,15-16H,6-9,14H2,1-5H3. The van der Waals surface area contributed by atoms with Crippen LogP contribution in [0.2, 0.25) is 0 Å². The molecule has 1 rings (SSSR count). The number of para-hydroxylation sites is 1. The minimum Gasteiger partial charge on any atom is -0.316 e. The second-order valence-electron chi connectivity index (χ2n) is 5.39. The molecule has 0 bridgehead atoms. The van der Waals surface area contributed by atoms with E-state index in [1.165, 1.54) is 5.56 Å². The molecule has 24 heavy (non-hydrogen) atoms. The number of aryl methyl sites for hydroxylation is 1. The second-order valence-corrected chi connectivity index (χ2v) is 10.1. The molecule has 0 amide bonds. The fourth-order valence-electron chi connectivity index (χ4n) is 1.95. The zero-order chi connectivity index (χ0) is 17.8. The predicted molar refractivity (Wildman–Crippen MR) is 109 cm³/mol. The highest BCUT2D eigenvalue weighted by Gasteiger charge is 2.24. The lowest BCUT2D eigenvalue weighted by molar-refractivity contribution is 0.262. The molecule has 0 saturated carbocycles. The lowest BCUT2D eigenvalue weighted by Gasteiger charge is -2.24. The van der Waals surface area contributed by atoms with Gasteiger partial charge in [0.1, 0.15) is 6.34 Å². The number of aliphatic imine (C=N–C) groups is 1. The third-order valence-corrected chi connectivity index (χ3v) is 8.63. The Hall–Kier alpha value is -0.610. The number of hydrogen-bond acceptors (Lipinski definition) is 4. The fourth-order valence-corrected chi connectivity index (χ4v) is 6.86. The van der Waals surface area contributed by atoms with E-state index < -0.39 is 6.71 Å². The molecule has 0 aliphatic rings. The molecular weight excluding hydrogens is 339 g/mol.